The van der Waals surface area contributed by atoms with Crippen LogP contribution in [0.1, 0.15) is 25.7 Å². The van der Waals surface area contributed by atoms with Crippen LogP contribution in [-0.2, 0) is 0 Å². The van der Waals surface area contributed by atoms with Crippen LogP contribution in [0, 0.1) is 17.8 Å². The second kappa shape index (κ2) is 4.36. The van der Waals surface area contributed by atoms with Crippen LogP contribution < -0.4 is 5.32 Å². The molecule has 86 valence electrons. The van der Waals surface area contributed by atoms with Crippen molar-refractivity contribution < 1.29 is 0 Å². The minimum absolute atomic E-state index is 0.888. The first-order chi connectivity index (χ1) is 7.81. The third-order valence-corrected chi connectivity index (χ3v) is 4.59. The number of hydrogen-bond donors (Lipinski definition) is 1. The second-order valence-corrected chi connectivity index (χ2v) is 5.97. The van der Waals surface area contributed by atoms with E-state index in [4.69, 9.17) is 0 Å². The Morgan fingerprint density at radius 3 is 2.94 bits per heavy atom. The maximum absolute atomic E-state index is 4.40. The minimum atomic E-state index is 0.888. The van der Waals surface area contributed by atoms with Crippen molar-refractivity contribution in [3.8, 4) is 0 Å². The molecule has 0 amide bonds. The minimum Gasteiger partial charge on any atom is -0.370 e. The van der Waals surface area contributed by atoms with Gasteiger partial charge in [-0.05, 0) is 65.1 Å². The van der Waals surface area contributed by atoms with Gasteiger partial charge in [0.05, 0.1) is 0 Å². The summed E-state index contributed by atoms with van der Waals surface area (Å²) in [7, 11) is 0. The summed E-state index contributed by atoms with van der Waals surface area (Å²) in [6.07, 6.45) is 5.86. The number of aromatic nitrogens is 1. The van der Waals surface area contributed by atoms with Crippen molar-refractivity contribution in [2.45, 2.75) is 25.7 Å². The molecule has 2 fully saturated rings. The molecular formula is C13H17BrN2. The molecule has 0 saturated heterocycles. The maximum atomic E-state index is 4.40. The number of rotatable bonds is 3. The summed E-state index contributed by atoms with van der Waals surface area (Å²) < 4.78 is 0.908. The fourth-order valence-electron chi connectivity index (χ4n) is 3.37. The lowest BCUT2D eigenvalue weighted by Crippen LogP contribution is -2.20. The molecule has 0 spiro atoms. The average molecular weight is 281 g/mol. The fourth-order valence-corrected chi connectivity index (χ4v) is 3.71. The third-order valence-electron chi connectivity index (χ3n) is 4.15. The van der Waals surface area contributed by atoms with Crippen molar-refractivity contribution >= 4 is 21.7 Å². The highest BCUT2D eigenvalue weighted by molar-refractivity contribution is 9.10. The Balaban J connectivity index is 1.57. The average Bonchev–Trinajstić information content (AvgIpc) is 2.88. The lowest BCUT2D eigenvalue weighted by atomic mass is 9.89. The number of nitrogens with zero attached hydrogens (tertiary/aromatic N) is 1. The second-order valence-electron chi connectivity index (χ2n) is 5.16. The van der Waals surface area contributed by atoms with Gasteiger partial charge in [-0.25, -0.2) is 4.98 Å². The molecule has 16 heavy (non-hydrogen) atoms. The lowest BCUT2D eigenvalue weighted by Gasteiger charge is -2.22. The van der Waals surface area contributed by atoms with E-state index in [-0.39, 0.29) is 0 Å². The van der Waals surface area contributed by atoms with Gasteiger partial charge < -0.3 is 5.32 Å². The van der Waals surface area contributed by atoms with Gasteiger partial charge in [0.25, 0.3) is 0 Å². The van der Waals surface area contributed by atoms with Crippen LogP contribution in [0.3, 0.4) is 0 Å². The first kappa shape index (κ1) is 10.6. The van der Waals surface area contributed by atoms with Gasteiger partial charge in [0.2, 0.25) is 0 Å². The summed E-state index contributed by atoms with van der Waals surface area (Å²) in [5.41, 5.74) is 0. The SMILES string of the molecule is Brc1cccc(NCC2CC3CCC2C3)n1. The first-order valence-corrected chi connectivity index (χ1v) is 6.97. The number of fused-ring (bicyclic) bond motifs is 2. The molecule has 2 nitrogen and oxygen atoms in total. The van der Waals surface area contributed by atoms with Gasteiger partial charge in [-0.2, -0.15) is 0 Å². The van der Waals surface area contributed by atoms with Crippen LogP contribution in [0.15, 0.2) is 22.8 Å². The normalized spacial score (nSPS) is 31.9. The highest BCUT2D eigenvalue weighted by atomic mass is 79.9. The van der Waals surface area contributed by atoms with Gasteiger partial charge in [-0.15, -0.1) is 0 Å². The van der Waals surface area contributed by atoms with Crippen molar-refractivity contribution in [3.05, 3.63) is 22.8 Å². The molecule has 2 aliphatic rings. The van der Waals surface area contributed by atoms with E-state index in [0.717, 1.165) is 34.7 Å². The molecule has 2 bridgehead atoms. The molecule has 3 rings (SSSR count). The molecule has 3 heteroatoms. The standard InChI is InChI=1S/C13H17BrN2/c14-12-2-1-3-13(16-12)15-8-11-7-9-4-5-10(11)6-9/h1-3,9-11H,4-8H2,(H,15,16). The summed E-state index contributed by atoms with van der Waals surface area (Å²) in [6.45, 7) is 1.10. The molecule has 3 unspecified atom stereocenters. The highest BCUT2D eigenvalue weighted by Crippen LogP contribution is 2.48. The molecule has 0 radical (unpaired) electrons. The summed E-state index contributed by atoms with van der Waals surface area (Å²) >= 11 is 3.40. The van der Waals surface area contributed by atoms with E-state index in [9.17, 15) is 0 Å². The molecule has 1 heterocycles. The third kappa shape index (κ3) is 2.10. The van der Waals surface area contributed by atoms with Crippen LogP contribution in [0.2, 0.25) is 0 Å². The molecule has 3 atom stereocenters. The molecule has 2 saturated carbocycles. The zero-order valence-electron chi connectivity index (χ0n) is 9.32. The van der Waals surface area contributed by atoms with E-state index in [1.807, 2.05) is 18.2 Å². The molecule has 0 aliphatic heterocycles. The Hall–Kier alpha value is -0.570. The number of anilines is 1. The van der Waals surface area contributed by atoms with Gasteiger partial charge in [0.15, 0.2) is 0 Å². The first-order valence-electron chi connectivity index (χ1n) is 6.17. The number of halogens is 1. The van der Waals surface area contributed by atoms with Crippen LogP contribution >= 0.6 is 15.9 Å². The van der Waals surface area contributed by atoms with E-state index in [0.29, 0.717) is 0 Å². The van der Waals surface area contributed by atoms with Gasteiger partial charge in [0, 0.05) is 6.54 Å². The zero-order chi connectivity index (χ0) is 11.0. The van der Waals surface area contributed by atoms with E-state index in [1.54, 1.807) is 0 Å². The van der Waals surface area contributed by atoms with Crippen molar-refractivity contribution in [1.82, 2.24) is 4.98 Å². The van der Waals surface area contributed by atoms with Crippen molar-refractivity contribution in [1.29, 1.82) is 0 Å². The van der Waals surface area contributed by atoms with Gasteiger partial charge in [0.1, 0.15) is 10.4 Å². The fraction of sp³-hybridized carbons (Fsp3) is 0.615. The molecule has 1 aromatic heterocycles. The highest BCUT2D eigenvalue weighted by Gasteiger charge is 2.38. The predicted octanol–water partition coefficient (Wildman–Crippen LogP) is 3.69. The largest absolute Gasteiger partial charge is 0.370 e. The van der Waals surface area contributed by atoms with E-state index in [1.165, 1.54) is 25.7 Å². The summed E-state index contributed by atoms with van der Waals surface area (Å²) in [6, 6.07) is 6.03. The van der Waals surface area contributed by atoms with Gasteiger partial charge in [-0.3, -0.25) is 0 Å². The van der Waals surface area contributed by atoms with E-state index in [2.05, 4.69) is 26.2 Å². The van der Waals surface area contributed by atoms with Crippen molar-refractivity contribution in [2.75, 3.05) is 11.9 Å². The number of hydrogen-bond acceptors (Lipinski definition) is 2. The smallest absolute Gasteiger partial charge is 0.127 e. The topological polar surface area (TPSA) is 24.9 Å². The van der Waals surface area contributed by atoms with Gasteiger partial charge >= 0.3 is 0 Å². The Morgan fingerprint density at radius 2 is 2.25 bits per heavy atom. The van der Waals surface area contributed by atoms with Gasteiger partial charge in [-0.1, -0.05) is 12.5 Å². The van der Waals surface area contributed by atoms with Crippen LogP contribution in [0.25, 0.3) is 0 Å². The number of pyridine rings is 1. The molecule has 2 aliphatic carbocycles. The predicted molar refractivity (Wildman–Crippen MR) is 69.4 cm³/mol. The molecule has 1 N–H and O–H groups in total. The Bertz CT molecular complexity index is 380. The van der Waals surface area contributed by atoms with Crippen molar-refractivity contribution in [2.24, 2.45) is 17.8 Å². The molecule has 1 aromatic rings. The monoisotopic (exact) mass is 280 g/mol. The summed E-state index contributed by atoms with van der Waals surface area (Å²) in [4.78, 5) is 4.40. The Labute approximate surface area is 105 Å². The maximum Gasteiger partial charge on any atom is 0.127 e. The molecule has 0 aromatic carbocycles. The summed E-state index contributed by atoms with van der Waals surface area (Å²) in [5.74, 6) is 3.91. The summed E-state index contributed by atoms with van der Waals surface area (Å²) in [5, 5.41) is 3.47. The molecular weight excluding hydrogens is 264 g/mol. The Morgan fingerprint density at radius 1 is 1.31 bits per heavy atom. The van der Waals surface area contributed by atoms with Crippen LogP contribution in [0.5, 0.6) is 0 Å². The number of nitrogens with one attached hydrogen (secondary N) is 1. The lowest BCUT2D eigenvalue weighted by molar-refractivity contribution is 0.348. The van der Waals surface area contributed by atoms with E-state index < -0.39 is 0 Å². The van der Waals surface area contributed by atoms with Crippen molar-refractivity contribution in [3.63, 3.8) is 0 Å². The zero-order valence-corrected chi connectivity index (χ0v) is 10.9. The van der Waals surface area contributed by atoms with Crippen LogP contribution in [0.4, 0.5) is 5.82 Å². The quantitative estimate of drug-likeness (QED) is 0.855. The van der Waals surface area contributed by atoms with E-state index >= 15 is 0 Å². The Kier molecular flexibility index (Phi) is 2.88. The van der Waals surface area contributed by atoms with Crippen LogP contribution in [-0.4, -0.2) is 11.5 Å².